The molecule has 0 aliphatic carbocycles. The second kappa shape index (κ2) is 7.25. The molecule has 130 valence electrons. The molecule has 3 aromatic heterocycles. The van der Waals surface area contributed by atoms with Crippen LogP contribution in [0.4, 0.5) is 5.82 Å². The van der Waals surface area contributed by atoms with Gasteiger partial charge < -0.3 is 5.32 Å². The molecule has 0 fully saturated rings. The summed E-state index contributed by atoms with van der Waals surface area (Å²) in [4.78, 5) is 20.6. The van der Waals surface area contributed by atoms with Crippen LogP contribution in [-0.2, 0) is 11.2 Å². The number of carbonyl (C=O) groups excluding carboxylic acids is 1. The fraction of sp³-hybridized carbons (Fsp3) is 0.353. The summed E-state index contributed by atoms with van der Waals surface area (Å²) < 4.78 is 1.82. The molecule has 8 heteroatoms. The Labute approximate surface area is 145 Å². The third kappa shape index (κ3) is 3.90. The van der Waals surface area contributed by atoms with E-state index < -0.39 is 0 Å². The first-order valence-corrected chi connectivity index (χ1v) is 8.19. The molecule has 0 bridgehead atoms. The highest BCUT2D eigenvalue weighted by Gasteiger charge is 2.16. The van der Waals surface area contributed by atoms with Crippen LogP contribution in [0.15, 0.2) is 36.8 Å². The summed E-state index contributed by atoms with van der Waals surface area (Å²) in [5, 5.41) is 14.1. The van der Waals surface area contributed by atoms with Crippen LogP contribution in [-0.4, -0.2) is 35.9 Å². The van der Waals surface area contributed by atoms with Gasteiger partial charge in [-0.2, -0.15) is 10.2 Å². The van der Waals surface area contributed by atoms with E-state index in [0.717, 1.165) is 5.56 Å². The van der Waals surface area contributed by atoms with Crippen molar-refractivity contribution in [3.63, 3.8) is 0 Å². The number of pyridine rings is 1. The number of amides is 1. The SMILES string of the molecule is CC(C)C(C)n1nccc1NC(=O)Cc1nc(-c2ccncc2)n[nH]1. The van der Waals surface area contributed by atoms with Crippen molar-refractivity contribution in [3.05, 3.63) is 42.6 Å². The lowest BCUT2D eigenvalue weighted by Crippen LogP contribution is -2.21. The lowest BCUT2D eigenvalue weighted by Gasteiger charge is -2.19. The van der Waals surface area contributed by atoms with Crippen molar-refractivity contribution in [3.8, 4) is 11.4 Å². The molecule has 0 aliphatic rings. The molecule has 3 rings (SSSR count). The van der Waals surface area contributed by atoms with Gasteiger partial charge in [-0.15, -0.1) is 0 Å². The highest BCUT2D eigenvalue weighted by molar-refractivity contribution is 5.91. The Kier molecular flexibility index (Phi) is 4.87. The van der Waals surface area contributed by atoms with E-state index in [1.807, 2.05) is 16.8 Å². The van der Waals surface area contributed by atoms with Gasteiger partial charge in [0.05, 0.1) is 18.7 Å². The molecular weight excluding hydrogens is 318 g/mol. The van der Waals surface area contributed by atoms with Gasteiger partial charge in [-0.05, 0) is 25.0 Å². The van der Waals surface area contributed by atoms with Crippen LogP contribution in [0.5, 0.6) is 0 Å². The van der Waals surface area contributed by atoms with Crippen molar-refractivity contribution in [2.45, 2.75) is 33.2 Å². The highest BCUT2D eigenvalue weighted by Crippen LogP contribution is 2.21. The molecule has 0 spiro atoms. The number of hydrogen-bond acceptors (Lipinski definition) is 5. The number of rotatable bonds is 6. The fourth-order valence-electron chi connectivity index (χ4n) is 2.36. The van der Waals surface area contributed by atoms with Crippen molar-refractivity contribution in [2.24, 2.45) is 5.92 Å². The maximum Gasteiger partial charge on any atom is 0.233 e. The number of aromatic nitrogens is 6. The number of nitrogens with zero attached hydrogens (tertiary/aromatic N) is 5. The van der Waals surface area contributed by atoms with E-state index in [0.29, 0.717) is 23.4 Å². The predicted octanol–water partition coefficient (Wildman–Crippen LogP) is 2.46. The first-order chi connectivity index (χ1) is 12.0. The van der Waals surface area contributed by atoms with Gasteiger partial charge in [0, 0.05) is 24.0 Å². The molecule has 2 N–H and O–H groups in total. The van der Waals surface area contributed by atoms with Crippen LogP contribution in [0.1, 0.15) is 32.6 Å². The molecule has 1 amide bonds. The van der Waals surface area contributed by atoms with E-state index in [1.54, 1.807) is 24.7 Å². The normalized spacial score (nSPS) is 12.3. The zero-order chi connectivity index (χ0) is 17.8. The van der Waals surface area contributed by atoms with Gasteiger partial charge in [-0.1, -0.05) is 13.8 Å². The van der Waals surface area contributed by atoms with Crippen molar-refractivity contribution < 1.29 is 4.79 Å². The Balaban J connectivity index is 1.66. The molecule has 0 radical (unpaired) electrons. The van der Waals surface area contributed by atoms with E-state index in [-0.39, 0.29) is 18.4 Å². The van der Waals surface area contributed by atoms with Crippen molar-refractivity contribution in [1.29, 1.82) is 0 Å². The standard InChI is InChI=1S/C17H21N7O/c1-11(2)12(3)24-15(6-9-19-24)21-16(25)10-14-20-17(23-22-14)13-4-7-18-8-5-13/h4-9,11-12H,10H2,1-3H3,(H,21,25)(H,20,22,23). The van der Waals surface area contributed by atoms with Crippen LogP contribution >= 0.6 is 0 Å². The van der Waals surface area contributed by atoms with Gasteiger partial charge in [0.15, 0.2) is 5.82 Å². The second-order valence-electron chi connectivity index (χ2n) is 6.21. The van der Waals surface area contributed by atoms with E-state index >= 15 is 0 Å². The first kappa shape index (κ1) is 16.8. The van der Waals surface area contributed by atoms with Crippen molar-refractivity contribution >= 4 is 11.7 Å². The Morgan fingerprint density at radius 1 is 1.20 bits per heavy atom. The number of nitrogens with one attached hydrogen (secondary N) is 2. The third-order valence-electron chi connectivity index (χ3n) is 4.09. The zero-order valence-electron chi connectivity index (χ0n) is 14.5. The fourth-order valence-corrected chi connectivity index (χ4v) is 2.36. The summed E-state index contributed by atoms with van der Waals surface area (Å²) in [6.07, 6.45) is 5.15. The van der Waals surface area contributed by atoms with Gasteiger partial charge in [0.2, 0.25) is 5.91 Å². The molecule has 1 atom stereocenters. The average molecular weight is 339 g/mol. The van der Waals surface area contributed by atoms with Crippen LogP contribution in [0.2, 0.25) is 0 Å². The number of H-pyrrole nitrogens is 1. The predicted molar refractivity (Wildman–Crippen MR) is 93.7 cm³/mol. The molecule has 0 saturated heterocycles. The third-order valence-corrected chi connectivity index (χ3v) is 4.09. The van der Waals surface area contributed by atoms with E-state index in [9.17, 15) is 4.79 Å². The van der Waals surface area contributed by atoms with E-state index in [1.165, 1.54) is 0 Å². The Morgan fingerprint density at radius 3 is 2.68 bits per heavy atom. The van der Waals surface area contributed by atoms with Crippen LogP contribution in [0.3, 0.4) is 0 Å². The van der Waals surface area contributed by atoms with Crippen molar-refractivity contribution in [2.75, 3.05) is 5.32 Å². The average Bonchev–Trinajstić information content (AvgIpc) is 3.24. The molecule has 8 nitrogen and oxygen atoms in total. The summed E-state index contributed by atoms with van der Waals surface area (Å²) in [5.41, 5.74) is 0.849. The number of carbonyl (C=O) groups is 1. The summed E-state index contributed by atoms with van der Waals surface area (Å²) in [6, 6.07) is 5.62. The Hall–Kier alpha value is -3.03. The molecule has 0 aromatic carbocycles. The Bertz CT molecular complexity index is 838. The maximum absolute atomic E-state index is 12.3. The second-order valence-corrected chi connectivity index (χ2v) is 6.21. The van der Waals surface area contributed by atoms with Crippen LogP contribution < -0.4 is 5.32 Å². The summed E-state index contributed by atoms with van der Waals surface area (Å²) in [5.74, 6) is 1.97. The molecule has 0 saturated carbocycles. The van der Waals surface area contributed by atoms with E-state index in [4.69, 9.17) is 0 Å². The minimum absolute atomic E-state index is 0.110. The number of anilines is 1. The molecular formula is C17H21N7O. The lowest BCUT2D eigenvalue weighted by atomic mass is 10.1. The quantitative estimate of drug-likeness (QED) is 0.718. The topological polar surface area (TPSA) is 101 Å². The minimum atomic E-state index is -0.171. The lowest BCUT2D eigenvalue weighted by molar-refractivity contribution is -0.115. The zero-order valence-corrected chi connectivity index (χ0v) is 14.5. The monoisotopic (exact) mass is 339 g/mol. The van der Waals surface area contributed by atoms with Crippen LogP contribution in [0, 0.1) is 5.92 Å². The summed E-state index contributed by atoms with van der Waals surface area (Å²) in [7, 11) is 0. The summed E-state index contributed by atoms with van der Waals surface area (Å²) in [6.45, 7) is 6.31. The first-order valence-electron chi connectivity index (χ1n) is 8.19. The van der Waals surface area contributed by atoms with Gasteiger partial charge in [-0.3, -0.25) is 14.9 Å². The van der Waals surface area contributed by atoms with Crippen molar-refractivity contribution in [1.82, 2.24) is 29.9 Å². The minimum Gasteiger partial charge on any atom is -0.311 e. The van der Waals surface area contributed by atoms with Gasteiger partial charge in [-0.25, -0.2) is 9.67 Å². The maximum atomic E-state index is 12.3. The van der Waals surface area contributed by atoms with Gasteiger partial charge >= 0.3 is 0 Å². The molecule has 25 heavy (non-hydrogen) atoms. The van der Waals surface area contributed by atoms with Gasteiger partial charge in [0.25, 0.3) is 0 Å². The number of aromatic amines is 1. The smallest absolute Gasteiger partial charge is 0.233 e. The molecule has 3 aromatic rings. The summed E-state index contributed by atoms with van der Waals surface area (Å²) >= 11 is 0. The number of hydrogen-bond donors (Lipinski definition) is 2. The van der Waals surface area contributed by atoms with E-state index in [2.05, 4.69) is 51.4 Å². The highest BCUT2D eigenvalue weighted by atomic mass is 16.1. The molecule has 0 aliphatic heterocycles. The molecule has 3 heterocycles. The van der Waals surface area contributed by atoms with Crippen LogP contribution in [0.25, 0.3) is 11.4 Å². The Morgan fingerprint density at radius 2 is 1.96 bits per heavy atom. The largest absolute Gasteiger partial charge is 0.311 e. The van der Waals surface area contributed by atoms with Gasteiger partial charge in [0.1, 0.15) is 11.6 Å². The molecule has 1 unspecified atom stereocenters.